The van der Waals surface area contributed by atoms with Crippen molar-refractivity contribution in [3.05, 3.63) is 76.0 Å². The molecule has 0 amide bonds. The van der Waals surface area contributed by atoms with Crippen LogP contribution in [0.3, 0.4) is 0 Å². The van der Waals surface area contributed by atoms with Crippen molar-refractivity contribution in [1.82, 2.24) is 0 Å². The third-order valence-corrected chi connectivity index (χ3v) is 3.11. The highest BCUT2D eigenvalue weighted by Gasteiger charge is 1.98. The van der Waals surface area contributed by atoms with Crippen LogP contribution in [-0.2, 0) is 0 Å². The van der Waals surface area contributed by atoms with E-state index >= 15 is 0 Å². The zero-order chi connectivity index (χ0) is 12.8. The Morgan fingerprint density at radius 1 is 1.00 bits per heavy atom. The molecule has 0 radical (unpaired) electrons. The van der Waals surface area contributed by atoms with E-state index in [2.05, 4.69) is 27.9 Å². The summed E-state index contributed by atoms with van der Waals surface area (Å²) in [6.45, 7) is 0. The molecular formula is C15H12INO. The van der Waals surface area contributed by atoms with Gasteiger partial charge in [-0.2, -0.15) is 0 Å². The van der Waals surface area contributed by atoms with E-state index in [1.54, 1.807) is 18.3 Å². The lowest BCUT2D eigenvalue weighted by Gasteiger charge is -2.00. The van der Waals surface area contributed by atoms with Crippen LogP contribution in [-0.4, -0.2) is 5.78 Å². The number of nitrogens with one attached hydrogen (secondary N) is 1. The molecule has 0 aromatic heterocycles. The Hall–Kier alpha value is -1.62. The van der Waals surface area contributed by atoms with Crippen LogP contribution in [0, 0.1) is 3.57 Å². The predicted molar refractivity (Wildman–Crippen MR) is 82.7 cm³/mol. The maximum Gasteiger partial charge on any atom is 0.187 e. The fourth-order valence-electron chi connectivity index (χ4n) is 1.46. The molecule has 0 fully saturated rings. The van der Waals surface area contributed by atoms with Gasteiger partial charge in [-0.1, -0.05) is 30.3 Å². The highest BCUT2D eigenvalue weighted by molar-refractivity contribution is 14.1. The largest absolute Gasteiger partial charge is 0.362 e. The molecule has 0 bridgehead atoms. The predicted octanol–water partition coefficient (Wildman–Crippen LogP) is 4.10. The first-order chi connectivity index (χ1) is 8.75. The maximum absolute atomic E-state index is 11.8. The molecule has 0 aliphatic carbocycles. The van der Waals surface area contributed by atoms with Gasteiger partial charge in [0.25, 0.3) is 0 Å². The number of halogens is 1. The van der Waals surface area contributed by atoms with Gasteiger partial charge >= 0.3 is 0 Å². The molecule has 1 N–H and O–H groups in total. The number of benzene rings is 2. The smallest absolute Gasteiger partial charge is 0.187 e. The molecule has 90 valence electrons. The van der Waals surface area contributed by atoms with Gasteiger partial charge < -0.3 is 5.32 Å². The summed E-state index contributed by atoms with van der Waals surface area (Å²) in [5.41, 5.74) is 1.66. The van der Waals surface area contributed by atoms with Crippen molar-refractivity contribution in [2.75, 3.05) is 5.32 Å². The number of allylic oxidation sites excluding steroid dienone is 1. The Morgan fingerprint density at radius 3 is 2.33 bits per heavy atom. The van der Waals surface area contributed by atoms with Gasteiger partial charge in [-0.05, 0) is 46.9 Å². The molecule has 2 nitrogen and oxygen atoms in total. The first kappa shape index (κ1) is 12.8. The van der Waals surface area contributed by atoms with Crippen molar-refractivity contribution in [3.8, 4) is 0 Å². The van der Waals surface area contributed by atoms with Crippen LogP contribution in [0.15, 0.2) is 66.9 Å². The van der Waals surface area contributed by atoms with Crippen molar-refractivity contribution in [3.63, 3.8) is 0 Å². The van der Waals surface area contributed by atoms with Gasteiger partial charge in [-0.15, -0.1) is 0 Å². The second kappa shape index (κ2) is 6.35. The minimum atomic E-state index is -0.00592. The van der Waals surface area contributed by atoms with E-state index in [4.69, 9.17) is 0 Å². The third kappa shape index (κ3) is 3.70. The zero-order valence-electron chi connectivity index (χ0n) is 9.64. The average Bonchev–Trinajstić information content (AvgIpc) is 2.42. The Bertz CT molecular complexity index is 546. The van der Waals surface area contributed by atoms with Crippen LogP contribution >= 0.6 is 22.6 Å². The Kier molecular flexibility index (Phi) is 4.52. The van der Waals surface area contributed by atoms with Crippen LogP contribution in [0.2, 0.25) is 0 Å². The fraction of sp³-hybridized carbons (Fsp3) is 0. The maximum atomic E-state index is 11.8. The minimum Gasteiger partial charge on any atom is -0.362 e. The highest BCUT2D eigenvalue weighted by atomic mass is 127. The van der Waals surface area contributed by atoms with Crippen LogP contribution in [0.1, 0.15) is 10.4 Å². The van der Waals surface area contributed by atoms with Crippen LogP contribution in [0.5, 0.6) is 0 Å². The molecule has 18 heavy (non-hydrogen) atoms. The molecule has 0 aliphatic heterocycles. The second-order valence-electron chi connectivity index (χ2n) is 3.71. The monoisotopic (exact) mass is 349 g/mol. The number of carbonyl (C=O) groups excluding carboxylic acids is 1. The summed E-state index contributed by atoms with van der Waals surface area (Å²) >= 11 is 2.25. The standard InChI is InChI=1S/C15H12INO/c16-13-6-8-14(9-7-13)17-11-10-15(18)12-4-2-1-3-5-12/h1-11,17H/b11-10+. The zero-order valence-corrected chi connectivity index (χ0v) is 11.8. The molecule has 0 saturated carbocycles. The van der Waals surface area contributed by atoms with Gasteiger partial charge in [0, 0.05) is 27.1 Å². The van der Waals surface area contributed by atoms with E-state index in [1.807, 2.05) is 42.5 Å². The topological polar surface area (TPSA) is 29.1 Å². The van der Waals surface area contributed by atoms with E-state index in [0.29, 0.717) is 5.56 Å². The van der Waals surface area contributed by atoms with Gasteiger partial charge in [0.15, 0.2) is 5.78 Å². The summed E-state index contributed by atoms with van der Waals surface area (Å²) < 4.78 is 1.18. The van der Waals surface area contributed by atoms with Gasteiger partial charge in [0.1, 0.15) is 0 Å². The van der Waals surface area contributed by atoms with Crippen LogP contribution in [0.4, 0.5) is 5.69 Å². The minimum absolute atomic E-state index is 0.00592. The van der Waals surface area contributed by atoms with E-state index < -0.39 is 0 Å². The Morgan fingerprint density at radius 2 is 1.67 bits per heavy atom. The summed E-state index contributed by atoms with van der Waals surface area (Å²) in [5.74, 6) is -0.00592. The van der Waals surface area contributed by atoms with Crippen molar-refractivity contribution in [2.24, 2.45) is 0 Å². The molecule has 0 heterocycles. The molecule has 2 rings (SSSR count). The summed E-state index contributed by atoms with van der Waals surface area (Å²) in [6.07, 6.45) is 3.20. The molecule has 3 heteroatoms. The summed E-state index contributed by atoms with van der Waals surface area (Å²) in [6, 6.07) is 17.2. The number of anilines is 1. The van der Waals surface area contributed by atoms with Gasteiger partial charge in [0.2, 0.25) is 0 Å². The summed E-state index contributed by atoms with van der Waals surface area (Å²) in [5, 5.41) is 3.07. The SMILES string of the molecule is O=C(/C=C/Nc1ccc(I)cc1)c1ccccc1. The van der Waals surface area contributed by atoms with Crippen molar-refractivity contribution < 1.29 is 4.79 Å². The first-order valence-corrected chi connectivity index (χ1v) is 6.61. The third-order valence-electron chi connectivity index (χ3n) is 2.39. The van der Waals surface area contributed by atoms with Crippen LogP contribution < -0.4 is 5.32 Å². The molecule has 0 atom stereocenters. The lowest BCUT2D eigenvalue weighted by Crippen LogP contribution is -1.95. The molecule has 0 aliphatic rings. The molecule has 0 unspecified atom stereocenters. The normalized spacial score (nSPS) is 10.5. The Balaban J connectivity index is 1.96. The lowest BCUT2D eigenvalue weighted by molar-refractivity contribution is 0.104. The van der Waals surface area contributed by atoms with E-state index in [-0.39, 0.29) is 5.78 Å². The van der Waals surface area contributed by atoms with E-state index in [0.717, 1.165) is 5.69 Å². The van der Waals surface area contributed by atoms with E-state index in [1.165, 1.54) is 9.65 Å². The Labute approximate surface area is 120 Å². The molecular weight excluding hydrogens is 337 g/mol. The van der Waals surface area contributed by atoms with Crippen molar-refractivity contribution in [1.29, 1.82) is 0 Å². The van der Waals surface area contributed by atoms with Gasteiger partial charge in [0.05, 0.1) is 0 Å². The van der Waals surface area contributed by atoms with Crippen molar-refractivity contribution >= 4 is 34.1 Å². The number of rotatable bonds is 4. The molecule has 0 saturated heterocycles. The van der Waals surface area contributed by atoms with E-state index in [9.17, 15) is 4.79 Å². The summed E-state index contributed by atoms with van der Waals surface area (Å²) in [4.78, 5) is 11.8. The number of carbonyl (C=O) groups is 1. The average molecular weight is 349 g/mol. The van der Waals surface area contributed by atoms with Crippen LogP contribution in [0.25, 0.3) is 0 Å². The quantitative estimate of drug-likeness (QED) is 0.512. The molecule has 2 aromatic rings. The van der Waals surface area contributed by atoms with Crippen molar-refractivity contribution in [2.45, 2.75) is 0 Å². The number of ketones is 1. The highest BCUT2D eigenvalue weighted by Crippen LogP contribution is 2.11. The van der Waals surface area contributed by atoms with Gasteiger partial charge in [-0.25, -0.2) is 0 Å². The number of hydrogen-bond donors (Lipinski definition) is 1. The number of hydrogen-bond acceptors (Lipinski definition) is 2. The molecule has 2 aromatic carbocycles. The summed E-state index contributed by atoms with van der Waals surface area (Å²) in [7, 11) is 0. The lowest BCUT2D eigenvalue weighted by atomic mass is 10.1. The molecule has 0 spiro atoms. The second-order valence-corrected chi connectivity index (χ2v) is 4.96. The fourth-order valence-corrected chi connectivity index (χ4v) is 1.82. The van der Waals surface area contributed by atoms with Gasteiger partial charge in [-0.3, -0.25) is 4.79 Å². The first-order valence-electron chi connectivity index (χ1n) is 5.54.